The van der Waals surface area contributed by atoms with E-state index in [9.17, 15) is 13.2 Å². The van der Waals surface area contributed by atoms with Crippen molar-refractivity contribution in [3.8, 4) is 11.6 Å². The number of carbonyl (C=O) groups is 1. The summed E-state index contributed by atoms with van der Waals surface area (Å²) in [5.74, 6) is -0.540. The molecule has 0 fully saturated rings. The average molecular weight is 401 g/mol. The molecule has 0 saturated carbocycles. The minimum absolute atomic E-state index is 0.0323. The number of aryl methyl sites for hydroxylation is 2. The lowest BCUT2D eigenvalue weighted by atomic mass is 10.1. The maximum atomic E-state index is 12.7. The molecule has 0 aliphatic rings. The topological polar surface area (TPSA) is 114 Å². The largest absolute Gasteiger partial charge is 0.497 e. The molecule has 0 aliphatic carbocycles. The first kappa shape index (κ1) is 19.4. The lowest BCUT2D eigenvalue weighted by Crippen LogP contribution is -2.17. The van der Waals surface area contributed by atoms with Crippen LogP contribution in [0.1, 0.15) is 21.5 Å². The van der Waals surface area contributed by atoms with E-state index < -0.39 is 16.0 Å². The first-order valence-electron chi connectivity index (χ1n) is 8.27. The SMILES string of the molecule is COc1ccc(S(=O)(=O)n2nc(OC(=O)c3ccc(C)c(C)c3)cc2N)cc1. The van der Waals surface area contributed by atoms with Crippen LogP contribution in [-0.2, 0) is 10.0 Å². The van der Waals surface area contributed by atoms with Crippen LogP contribution in [0, 0.1) is 13.8 Å². The number of rotatable bonds is 5. The van der Waals surface area contributed by atoms with E-state index in [-0.39, 0.29) is 16.6 Å². The Hall–Kier alpha value is -3.33. The Morgan fingerprint density at radius 2 is 1.71 bits per heavy atom. The lowest BCUT2D eigenvalue weighted by Gasteiger charge is -2.07. The highest BCUT2D eigenvalue weighted by atomic mass is 32.2. The Balaban J connectivity index is 1.87. The summed E-state index contributed by atoms with van der Waals surface area (Å²) in [4.78, 5) is 12.3. The molecule has 0 saturated heterocycles. The van der Waals surface area contributed by atoms with Crippen molar-refractivity contribution >= 4 is 21.8 Å². The van der Waals surface area contributed by atoms with Crippen LogP contribution in [0.4, 0.5) is 5.82 Å². The minimum atomic E-state index is -4.05. The zero-order valence-electron chi connectivity index (χ0n) is 15.5. The minimum Gasteiger partial charge on any atom is -0.497 e. The van der Waals surface area contributed by atoms with Crippen molar-refractivity contribution in [1.82, 2.24) is 9.19 Å². The van der Waals surface area contributed by atoms with Crippen LogP contribution in [0.25, 0.3) is 0 Å². The molecule has 1 heterocycles. The van der Waals surface area contributed by atoms with E-state index in [1.165, 1.54) is 37.4 Å². The summed E-state index contributed by atoms with van der Waals surface area (Å²) in [7, 11) is -2.58. The number of ether oxygens (including phenoxy) is 2. The summed E-state index contributed by atoms with van der Waals surface area (Å²) in [6.07, 6.45) is 0. The van der Waals surface area contributed by atoms with Crippen molar-refractivity contribution in [2.75, 3.05) is 12.8 Å². The highest BCUT2D eigenvalue weighted by molar-refractivity contribution is 7.90. The molecular formula is C19H19N3O5S. The first-order chi connectivity index (χ1) is 13.2. The predicted octanol–water partition coefficient (Wildman–Crippen LogP) is 2.55. The van der Waals surface area contributed by atoms with Crippen LogP contribution in [0.2, 0.25) is 0 Å². The van der Waals surface area contributed by atoms with Gasteiger partial charge in [-0.25, -0.2) is 4.79 Å². The Morgan fingerprint density at radius 3 is 2.32 bits per heavy atom. The van der Waals surface area contributed by atoms with Gasteiger partial charge in [0.05, 0.1) is 17.6 Å². The molecule has 28 heavy (non-hydrogen) atoms. The van der Waals surface area contributed by atoms with Crippen molar-refractivity contribution in [2.45, 2.75) is 18.7 Å². The van der Waals surface area contributed by atoms with Gasteiger partial charge in [0.1, 0.15) is 11.6 Å². The molecule has 0 atom stereocenters. The number of benzene rings is 2. The van der Waals surface area contributed by atoms with E-state index in [0.29, 0.717) is 15.4 Å². The third kappa shape index (κ3) is 3.70. The predicted molar refractivity (Wildman–Crippen MR) is 103 cm³/mol. The van der Waals surface area contributed by atoms with E-state index in [2.05, 4.69) is 5.10 Å². The molecule has 0 bridgehead atoms. The van der Waals surface area contributed by atoms with E-state index in [4.69, 9.17) is 15.2 Å². The highest BCUT2D eigenvalue weighted by Crippen LogP contribution is 2.23. The molecule has 0 radical (unpaired) electrons. The molecule has 1 aromatic heterocycles. The number of hydrogen-bond donors (Lipinski definition) is 1. The lowest BCUT2D eigenvalue weighted by molar-refractivity contribution is 0.0727. The van der Waals surface area contributed by atoms with Gasteiger partial charge in [0.2, 0.25) is 5.88 Å². The van der Waals surface area contributed by atoms with Crippen LogP contribution in [0.15, 0.2) is 53.4 Å². The second-order valence-electron chi connectivity index (χ2n) is 6.12. The van der Waals surface area contributed by atoms with Gasteiger partial charge >= 0.3 is 5.97 Å². The maximum absolute atomic E-state index is 12.7. The van der Waals surface area contributed by atoms with Crippen molar-refractivity contribution in [3.05, 3.63) is 65.2 Å². The van der Waals surface area contributed by atoms with Gasteiger partial charge in [-0.1, -0.05) is 6.07 Å². The number of esters is 1. The quantitative estimate of drug-likeness (QED) is 0.654. The third-order valence-corrected chi connectivity index (χ3v) is 5.82. The molecule has 0 unspecified atom stereocenters. The monoisotopic (exact) mass is 401 g/mol. The van der Waals surface area contributed by atoms with Gasteiger partial charge in [0.25, 0.3) is 10.0 Å². The summed E-state index contributed by atoms with van der Waals surface area (Å²) < 4.78 is 36.3. The summed E-state index contributed by atoms with van der Waals surface area (Å²) in [5, 5.41) is 3.84. The first-order valence-corrected chi connectivity index (χ1v) is 9.71. The zero-order valence-corrected chi connectivity index (χ0v) is 16.4. The molecule has 3 rings (SSSR count). The van der Waals surface area contributed by atoms with Crippen LogP contribution >= 0.6 is 0 Å². The molecule has 3 aromatic rings. The third-order valence-electron chi connectivity index (χ3n) is 4.21. The molecule has 146 valence electrons. The number of methoxy groups -OCH3 is 1. The summed E-state index contributed by atoms with van der Waals surface area (Å²) in [6.45, 7) is 3.80. The molecule has 0 aliphatic heterocycles. The van der Waals surface area contributed by atoms with E-state index in [1.807, 2.05) is 13.8 Å². The van der Waals surface area contributed by atoms with E-state index in [1.54, 1.807) is 18.2 Å². The second kappa shape index (κ2) is 7.35. The summed E-state index contributed by atoms with van der Waals surface area (Å²) in [6, 6.07) is 12.0. The number of nitrogens with zero attached hydrogens (tertiary/aromatic N) is 2. The molecule has 9 heteroatoms. The van der Waals surface area contributed by atoms with Crippen LogP contribution in [-0.4, -0.2) is 30.7 Å². The maximum Gasteiger partial charge on any atom is 0.344 e. The molecule has 2 aromatic carbocycles. The normalized spacial score (nSPS) is 11.2. The van der Waals surface area contributed by atoms with E-state index in [0.717, 1.165) is 11.1 Å². The summed E-state index contributed by atoms with van der Waals surface area (Å²) in [5.41, 5.74) is 8.08. The fourth-order valence-corrected chi connectivity index (χ4v) is 3.67. The standard InChI is InChI=1S/C19H19N3O5S/c1-12-4-5-14(10-13(12)2)19(23)27-18-11-17(20)22(21-18)28(24,25)16-8-6-15(26-3)7-9-16/h4-11H,20H2,1-3H3. The van der Waals surface area contributed by atoms with Gasteiger partial charge in [-0.05, 0) is 61.4 Å². The number of nitrogen functional groups attached to an aromatic ring is 1. The fraction of sp³-hybridized carbons (Fsp3) is 0.158. The van der Waals surface area contributed by atoms with Gasteiger partial charge in [-0.15, -0.1) is 9.19 Å². The molecule has 2 N–H and O–H groups in total. The smallest absolute Gasteiger partial charge is 0.344 e. The van der Waals surface area contributed by atoms with Crippen LogP contribution in [0.5, 0.6) is 11.6 Å². The van der Waals surface area contributed by atoms with Gasteiger partial charge in [0.15, 0.2) is 0 Å². The number of anilines is 1. The number of nitrogens with two attached hydrogens (primary N) is 1. The Bertz CT molecular complexity index is 1130. The van der Waals surface area contributed by atoms with Crippen LogP contribution < -0.4 is 15.2 Å². The van der Waals surface area contributed by atoms with Gasteiger partial charge < -0.3 is 15.2 Å². The number of aromatic nitrogens is 2. The average Bonchev–Trinajstić information content (AvgIpc) is 3.04. The fourth-order valence-electron chi connectivity index (χ4n) is 2.47. The molecule has 0 amide bonds. The van der Waals surface area contributed by atoms with Crippen molar-refractivity contribution < 1.29 is 22.7 Å². The van der Waals surface area contributed by atoms with Gasteiger partial charge in [-0.3, -0.25) is 0 Å². The molecule has 0 spiro atoms. The highest BCUT2D eigenvalue weighted by Gasteiger charge is 2.23. The van der Waals surface area contributed by atoms with Gasteiger partial charge in [0, 0.05) is 6.07 Å². The Labute approximate surface area is 162 Å². The zero-order chi connectivity index (χ0) is 20.5. The molecule has 8 nitrogen and oxygen atoms in total. The number of hydrogen-bond acceptors (Lipinski definition) is 7. The van der Waals surface area contributed by atoms with E-state index >= 15 is 0 Å². The number of carbonyl (C=O) groups excluding carboxylic acids is 1. The van der Waals surface area contributed by atoms with Crippen molar-refractivity contribution in [3.63, 3.8) is 0 Å². The summed E-state index contributed by atoms with van der Waals surface area (Å²) >= 11 is 0. The Kier molecular flexibility index (Phi) is 5.10. The van der Waals surface area contributed by atoms with Gasteiger partial charge in [-0.2, -0.15) is 8.42 Å². The van der Waals surface area contributed by atoms with Crippen molar-refractivity contribution in [2.24, 2.45) is 0 Å². The Morgan fingerprint density at radius 1 is 1.04 bits per heavy atom. The van der Waals surface area contributed by atoms with Crippen molar-refractivity contribution in [1.29, 1.82) is 0 Å². The molecular weight excluding hydrogens is 382 g/mol. The van der Waals surface area contributed by atoms with Crippen LogP contribution in [0.3, 0.4) is 0 Å². The second-order valence-corrected chi connectivity index (χ2v) is 7.89.